The molecule has 2 aromatic rings. The first-order valence-corrected chi connectivity index (χ1v) is 4.35. The van der Waals surface area contributed by atoms with Crippen molar-refractivity contribution in [3.8, 4) is 0 Å². The van der Waals surface area contributed by atoms with Gasteiger partial charge in [0.2, 0.25) is 0 Å². The van der Waals surface area contributed by atoms with Gasteiger partial charge in [0.25, 0.3) is 0 Å². The quantitative estimate of drug-likeness (QED) is 0.646. The molecule has 2 heteroatoms. The van der Waals surface area contributed by atoms with Crippen molar-refractivity contribution in [2.75, 3.05) is 0 Å². The van der Waals surface area contributed by atoms with Crippen molar-refractivity contribution in [2.45, 2.75) is 6.92 Å². The fourth-order valence-corrected chi connectivity index (χ4v) is 1.49. The minimum Gasteiger partial charge on any atom is -0.334 e. The number of fused-ring (bicyclic) bond motifs is 1. The van der Waals surface area contributed by atoms with Gasteiger partial charge in [-0.2, -0.15) is 0 Å². The second-order valence-corrected chi connectivity index (χ2v) is 3.07. The Morgan fingerprint density at radius 2 is 2.23 bits per heavy atom. The Morgan fingerprint density at radius 1 is 1.38 bits per heavy atom. The van der Waals surface area contributed by atoms with Gasteiger partial charge in [-0.05, 0) is 13.0 Å². The van der Waals surface area contributed by atoms with Gasteiger partial charge in [0.15, 0.2) is 0 Å². The number of imidazole rings is 1. The Bertz CT molecular complexity index is 452. The summed E-state index contributed by atoms with van der Waals surface area (Å²) in [5, 5.41) is 0. The van der Waals surface area contributed by atoms with Crippen LogP contribution in [0.25, 0.3) is 17.1 Å². The van der Waals surface area contributed by atoms with Crippen LogP contribution in [0.4, 0.5) is 0 Å². The summed E-state index contributed by atoms with van der Waals surface area (Å²) in [7, 11) is 2.01. The van der Waals surface area contributed by atoms with Crippen LogP contribution in [0.15, 0.2) is 30.6 Å². The van der Waals surface area contributed by atoms with Gasteiger partial charge >= 0.3 is 0 Å². The molecule has 2 nitrogen and oxygen atoms in total. The summed E-state index contributed by atoms with van der Waals surface area (Å²) in [6, 6.07) is 6.21. The number of para-hydroxylation sites is 1. The summed E-state index contributed by atoms with van der Waals surface area (Å²) in [4.78, 5) is 4.35. The molecule has 0 bridgehead atoms. The van der Waals surface area contributed by atoms with Crippen molar-refractivity contribution in [2.24, 2.45) is 7.05 Å². The second kappa shape index (κ2) is 3.05. The lowest BCUT2D eigenvalue weighted by molar-refractivity contribution is 0.948. The van der Waals surface area contributed by atoms with Gasteiger partial charge in [-0.3, -0.25) is 0 Å². The van der Waals surface area contributed by atoms with Crippen molar-refractivity contribution in [1.82, 2.24) is 9.55 Å². The molecule has 0 saturated carbocycles. The predicted octanol–water partition coefficient (Wildman–Crippen LogP) is 2.61. The highest BCUT2D eigenvalue weighted by Crippen LogP contribution is 2.17. The molecule has 0 unspecified atom stereocenters. The molecular formula is C11H12N2. The number of rotatable bonds is 1. The Balaban J connectivity index is 2.76. The van der Waals surface area contributed by atoms with E-state index in [0.29, 0.717) is 0 Å². The van der Waals surface area contributed by atoms with Crippen molar-refractivity contribution in [3.05, 3.63) is 36.2 Å². The number of nitrogens with zero attached hydrogens (tertiary/aromatic N) is 2. The van der Waals surface area contributed by atoms with Gasteiger partial charge in [-0.25, -0.2) is 4.98 Å². The summed E-state index contributed by atoms with van der Waals surface area (Å²) in [6.45, 7) is 2.02. The molecule has 0 saturated heterocycles. The Morgan fingerprint density at radius 3 is 3.00 bits per heavy atom. The molecule has 0 aliphatic carbocycles. The molecule has 1 heterocycles. The molecule has 0 aliphatic heterocycles. The van der Waals surface area contributed by atoms with Crippen LogP contribution in [0, 0.1) is 0 Å². The van der Waals surface area contributed by atoms with E-state index in [1.165, 1.54) is 11.1 Å². The third-order valence-corrected chi connectivity index (χ3v) is 2.13. The Labute approximate surface area is 77.5 Å². The van der Waals surface area contributed by atoms with E-state index in [0.717, 1.165) is 5.52 Å². The fourth-order valence-electron chi connectivity index (χ4n) is 1.49. The van der Waals surface area contributed by atoms with E-state index in [-0.39, 0.29) is 0 Å². The van der Waals surface area contributed by atoms with Crippen LogP contribution in [0.5, 0.6) is 0 Å². The molecule has 0 radical (unpaired) electrons. The van der Waals surface area contributed by atoms with Gasteiger partial charge in [0.1, 0.15) is 0 Å². The average molecular weight is 172 g/mol. The van der Waals surface area contributed by atoms with Crippen molar-refractivity contribution >= 4 is 17.1 Å². The van der Waals surface area contributed by atoms with Gasteiger partial charge in [-0.1, -0.05) is 24.3 Å². The Hall–Kier alpha value is -1.57. The molecule has 66 valence electrons. The smallest absolute Gasteiger partial charge is 0.0956 e. The Kier molecular flexibility index (Phi) is 1.89. The first-order valence-electron chi connectivity index (χ1n) is 4.35. The minimum absolute atomic E-state index is 1.07. The zero-order valence-electron chi connectivity index (χ0n) is 7.86. The van der Waals surface area contributed by atoms with Gasteiger partial charge in [-0.15, -0.1) is 0 Å². The molecule has 1 aromatic carbocycles. The monoisotopic (exact) mass is 172 g/mol. The largest absolute Gasteiger partial charge is 0.334 e. The van der Waals surface area contributed by atoms with Crippen molar-refractivity contribution in [3.63, 3.8) is 0 Å². The van der Waals surface area contributed by atoms with Gasteiger partial charge in [0.05, 0.1) is 17.4 Å². The molecule has 2 rings (SSSR count). The zero-order chi connectivity index (χ0) is 9.26. The van der Waals surface area contributed by atoms with Crippen LogP contribution in [0.2, 0.25) is 0 Å². The first kappa shape index (κ1) is 8.05. The molecule has 0 aliphatic rings. The number of aryl methyl sites for hydroxylation is 1. The van der Waals surface area contributed by atoms with E-state index in [9.17, 15) is 0 Å². The fraction of sp³-hybridized carbons (Fsp3) is 0.182. The minimum atomic E-state index is 1.07. The molecule has 0 atom stereocenters. The summed E-state index contributed by atoms with van der Waals surface area (Å²) >= 11 is 0. The van der Waals surface area contributed by atoms with Gasteiger partial charge in [0, 0.05) is 12.6 Å². The molecule has 1 aromatic heterocycles. The normalized spacial score (nSPS) is 11.5. The van der Waals surface area contributed by atoms with Crippen LogP contribution in [0.1, 0.15) is 12.5 Å². The molecule has 0 fully saturated rings. The van der Waals surface area contributed by atoms with E-state index in [1.54, 1.807) is 0 Å². The van der Waals surface area contributed by atoms with E-state index in [1.807, 2.05) is 30.9 Å². The number of hydrogen-bond donors (Lipinski definition) is 0. The van der Waals surface area contributed by atoms with Crippen LogP contribution in [-0.4, -0.2) is 9.55 Å². The summed E-state index contributed by atoms with van der Waals surface area (Å²) in [5.41, 5.74) is 3.43. The maximum absolute atomic E-state index is 4.35. The third-order valence-electron chi connectivity index (χ3n) is 2.13. The zero-order valence-corrected chi connectivity index (χ0v) is 7.86. The number of hydrogen-bond acceptors (Lipinski definition) is 1. The summed E-state index contributed by atoms with van der Waals surface area (Å²) in [6.07, 6.45) is 5.95. The SMILES string of the molecule is CC=Cc1cccc2c1ncn2C. The maximum atomic E-state index is 4.35. The summed E-state index contributed by atoms with van der Waals surface area (Å²) in [5.74, 6) is 0. The van der Waals surface area contributed by atoms with Crippen molar-refractivity contribution in [1.29, 1.82) is 0 Å². The van der Waals surface area contributed by atoms with Crippen molar-refractivity contribution < 1.29 is 0 Å². The van der Waals surface area contributed by atoms with Crippen LogP contribution < -0.4 is 0 Å². The summed E-state index contributed by atoms with van der Waals surface area (Å²) < 4.78 is 2.03. The standard InChI is InChI=1S/C11H12N2/c1-3-5-9-6-4-7-10-11(9)12-8-13(10)2/h3-8H,1-2H3. The molecule has 0 amide bonds. The van der Waals surface area contributed by atoms with Gasteiger partial charge < -0.3 is 4.57 Å². The van der Waals surface area contributed by atoms with E-state index in [4.69, 9.17) is 0 Å². The number of aromatic nitrogens is 2. The van der Waals surface area contributed by atoms with Crippen LogP contribution in [-0.2, 0) is 7.05 Å². The molecule has 0 N–H and O–H groups in total. The highest BCUT2D eigenvalue weighted by Gasteiger charge is 2.01. The molecule has 13 heavy (non-hydrogen) atoms. The number of benzene rings is 1. The lowest BCUT2D eigenvalue weighted by Gasteiger charge is -1.96. The maximum Gasteiger partial charge on any atom is 0.0956 e. The first-order chi connectivity index (χ1) is 6.33. The molecular weight excluding hydrogens is 160 g/mol. The second-order valence-electron chi connectivity index (χ2n) is 3.07. The highest BCUT2D eigenvalue weighted by molar-refractivity contribution is 5.84. The number of allylic oxidation sites excluding steroid dienone is 1. The van der Waals surface area contributed by atoms with Crippen LogP contribution >= 0.6 is 0 Å². The van der Waals surface area contributed by atoms with E-state index < -0.39 is 0 Å². The lowest BCUT2D eigenvalue weighted by atomic mass is 10.2. The third kappa shape index (κ3) is 1.24. The van der Waals surface area contributed by atoms with E-state index >= 15 is 0 Å². The average Bonchev–Trinajstić information content (AvgIpc) is 2.50. The highest BCUT2D eigenvalue weighted by atomic mass is 15.0. The van der Waals surface area contributed by atoms with E-state index in [2.05, 4.69) is 29.3 Å². The topological polar surface area (TPSA) is 17.8 Å². The van der Waals surface area contributed by atoms with Crippen LogP contribution in [0.3, 0.4) is 0 Å². The lowest BCUT2D eigenvalue weighted by Crippen LogP contribution is -1.83. The molecule has 0 spiro atoms. The predicted molar refractivity (Wildman–Crippen MR) is 55.4 cm³/mol.